The summed E-state index contributed by atoms with van der Waals surface area (Å²) in [6, 6.07) is 0. The molecule has 0 fully saturated rings. The maximum atomic E-state index is 10.5. The molecule has 0 heterocycles. The minimum absolute atomic E-state index is 0.269. The summed E-state index contributed by atoms with van der Waals surface area (Å²) in [5, 5.41) is 0.277. The van der Waals surface area contributed by atoms with Gasteiger partial charge in [-0.3, -0.25) is 0 Å². The van der Waals surface area contributed by atoms with Crippen molar-refractivity contribution in [2.75, 3.05) is 0 Å². The van der Waals surface area contributed by atoms with E-state index in [-0.39, 0.29) is 11.2 Å². The van der Waals surface area contributed by atoms with Gasteiger partial charge in [-0.05, 0) is 26.2 Å². The van der Waals surface area contributed by atoms with E-state index < -0.39 is 0 Å². The molecule has 0 N–H and O–H groups in total. The van der Waals surface area contributed by atoms with Gasteiger partial charge in [0, 0.05) is 11.8 Å². The van der Waals surface area contributed by atoms with Gasteiger partial charge in [0.15, 0.2) is 0 Å². The molecule has 11 heavy (non-hydrogen) atoms. The lowest BCUT2D eigenvalue weighted by Crippen LogP contribution is -1.99. The number of Topliss-reactive ketones (excluding diaryl/α,β-unsaturated/α-hetero) is 1. The summed E-state index contributed by atoms with van der Waals surface area (Å²) in [4.78, 5) is 10.5. The van der Waals surface area contributed by atoms with Crippen LogP contribution in [-0.2, 0) is 4.79 Å². The standard InChI is InChI=1S/C9H17ClO/c1-3-5-9(10)7-4-6-8(2)11/h9H,3-7H2,1-2H3/t9-/m1/s1. The fourth-order valence-electron chi connectivity index (χ4n) is 1.03. The number of alkyl halides is 1. The van der Waals surface area contributed by atoms with E-state index in [1.165, 1.54) is 0 Å². The number of halogens is 1. The van der Waals surface area contributed by atoms with Crippen molar-refractivity contribution < 1.29 is 4.79 Å². The van der Waals surface area contributed by atoms with Crippen molar-refractivity contribution in [3.63, 3.8) is 0 Å². The first-order valence-corrected chi connectivity index (χ1v) is 4.74. The van der Waals surface area contributed by atoms with Crippen LogP contribution in [0.15, 0.2) is 0 Å². The summed E-state index contributed by atoms with van der Waals surface area (Å²) in [5.41, 5.74) is 0. The van der Waals surface area contributed by atoms with E-state index in [1.54, 1.807) is 6.92 Å². The number of ketones is 1. The third-order valence-electron chi connectivity index (χ3n) is 1.65. The minimum Gasteiger partial charge on any atom is -0.300 e. The Morgan fingerprint density at radius 3 is 2.55 bits per heavy atom. The highest BCUT2D eigenvalue weighted by molar-refractivity contribution is 6.20. The van der Waals surface area contributed by atoms with Gasteiger partial charge in [-0.2, -0.15) is 0 Å². The lowest BCUT2D eigenvalue weighted by Gasteiger charge is -2.05. The zero-order valence-electron chi connectivity index (χ0n) is 7.40. The topological polar surface area (TPSA) is 17.1 Å². The Morgan fingerprint density at radius 2 is 2.09 bits per heavy atom. The lowest BCUT2D eigenvalue weighted by atomic mass is 10.1. The highest BCUT2D eigenvalue weighted by atomic mass is 35.5. The average molecular weight is 177 g/mol. The van der Waals surface area contributed by atoms with Gasteiger partial charge in [0.1, 0.15) is 5.78 Å². The van der Waals surface area contributed by atoms with Crippen LogP contribution in [0.1, 0.15) is 46.0 Å². The predicted octanol–water partition coefficient (Wildman–Crippen LogP) is 3.15. The number of hydrogen-bond acceptors (Lipinski definition) is 1. The van der Waals surface area contributed by atoms with Crippen molar-refractivity contribution in [2.45, 2.75) is 51.3 Å². The summed E-state index contributed by atoms with van der Waals surface area (Å²) in [6.07, 6.45) is 4.82. The Morgan fingerprint density at radius 1 is 1.45 bits per heavy atom. The van der Waals surface area contributed by atoms with Crippen molar-refractivity contribution in [3.8, 4) is 0 Å². The Bertz CT molecular complexity index is 112. The summed E-state index contributed by atoms with van der Waals surface area (Å²) >= 11 is 5.95. The van der Waals surface area contributed by atoms with Gasteiger partial charge in [0.05, 0.1) is 0 Å². The first-order chi connectivity index (χ1) is 5.16. The second-order valence-corrected chi connectivity index (χ2v) is 3.60. The van der Waals surface area contributed by atoms with Crippen molar-refractivity contribution in [2.24, 2.45) is 0 Å². The van der Waals surface area contributed by atoms with Crippen LogP contribution in [0.3, 0.4) is 0 Å². The van der Waals surface area contributed by atoms with E-state index in [2.05, 4.69) is 6.92 Å². The maximum Gasteiger partial charge on any atom is 0.129 e. The molecular formula is C9H17ClO. The third kappa shape index (κ3) is 7.86. The highest BCUT2D eigenvalue weighted by Gasteiger charge is 2.02. The lowest BCUT2D eigenvalue weighted by molar-refractivity contribution is -0.117. The molecule has 0 spiro atoms. The molecule has 0 aromatic heterocycles. The van der Waals surface area contributed by atoms with Crippen LogP contribution in [0.2, 0.25) is 0 Å². The van der Waals surface area contributed by atoms with Crippen molar-refractivity contribution in [3.05, 3.63) is 0 Å². The quantitative estimate of drug-likeness (QED) is 0.569. The van der Waals surface area contributed by atoms with E-state index >= 15 is 0 Å². The van der Waals surface area contributed by atoms with Crippen LogP contribution in [0, 0.1) is 0 Å². The number of hydrogen-bond donors (Lipinski definition) is 0. The Balaban J connectivity index is 3.16. The SMILES string of the molecule is CCC[C@@H](Cl)CCCC(C)=O. The molecule has 0 unspecified atom stereocenters. The maximum absolute atomic E-state index is 10.5. The van der Waals surface area contributed by atoms with E-state index in [0.717, 1.165) is 25.7 Å². The minimum atomic E-state index is 0.269. The molecule has 66 valence electrons. The van der Waals surface area contributed by atoms with Crippen molar-refractivity contribution >= 4 is 17.4 Å². The van der Waals surface area contributed by atoms with Crippen molar-refractivity contribution in [1.82, 2.24) is 0 Å². The van der Waals surface area contributed by atoms with Crippen LogP contribution in [0.4, 0.5) is 0 Å². The third-order valence-corrected chi connectivity index (χ3v) is 2.08. The molecule has 1 nitrogen and oxygen atoms in total. The summed E-state index contributed by atoms with van der Waals surface area (Å²) in [5.74, 6) is 0.269. The first-order valence-electron chi connectivity index (χ1n) is 4.30. The molecule has 0 aromatic carbocycles. The number of carbonyl (C=O) groups excluding carboxylic acids is 1. The fourth-order valence-corrected chi connectivity index (χ4v) is 1.40. The molecule has 2 heteroatoms. The van der Waals surface area contributed by atoms with Gasteiger partial charge in [-0.15, -0.1) is 11.6 Å². The molecule has 0 aromatic rings. The largest absolute Gasteiger partial charge is 0.300 e. The summed E-state index contributed by atoms with van der Waals surface area (Å²) in [6.45, 7) is 3.75. The van der Waals surface area contributed by atoms with Gasteiger partial charge in [0.25, 0.3) is 0 Å². The first kappa shape index (κ1) is 11.0. The second kappa shape index (κ2) is 6.66. The van der Waals surface area contributed by atoms with Crippen LogP contribution in [-0.4, -0.2) is 11.2 Å². The van der Waals surface area contributed by atoms with E-state index in [4.69, 9.17) is 11.6 Å². The number of carbonyl (C=O) groups is 1. The van der Waals surface area contributed by atoms with Gasteiger partial charge in [-0.1, -0.05) is 13.3 Å². The molecule has 0 aliphatic carbocycles. The molecule has 0 saturated heterocycles. The molecule has 1 atom stereocenters. The van der Waals surface area contributed by atoms with Gasteiger partial charge in [-0.25, -0.2) is 0 Å². The second-order valence-electron chi connectivity index (χ2n) is 2.98. The van der Waals surface area contributed by atoms with Gasteiger partial charge >= 0.3 is 0 Å². The molecule has 0 aliphatic rings. The zero-order valence-corrected chi connectivity index (χ0v) is 8.16. The summed E-state index contributed by atoms with van der Waals surface area (Å²) in [7, 11) is 0. The van der Waals surface area contributed by atoms with Gasteiger partial charge < -0.3 is 4.79 Å². The van der Waals surface area contributed by atoms with Crippen molar-refractivity contribution in [1.29, 1.82) is 0 Å². The Kier molecular flexibility index (Phi) is 6.63. The van der Waals surface area contributed by atoms with Crippen LogP contribution >= 0.6 is 11.6 Å². The predicted molar refractivity (Wildman–Crippen MR) is 49.1 cm³/mol. The molecule has 0 saturated carbocycles. The van der Waals surface area contributed by atoms with Crippen LogP contribution in [0.25, 0.3) is 0 Å². The average Bonchev–Trinajstić information content (AvgIpc) is 1.87. The van der Waals surface area contributed by atoms with Crippen LogP contribution in [0.5, 0.6) is 0 Å². The molecule has 0 aliphatic heterocycles. The Labute approximate surface area is 74.1 Å². The fraction of sp³-hybridized carbons (Fsp3) is 0.889. The molecule has 0 bridgehead atoms. The molecule has 0 rings (SSSR count). The highest BCUT2D eigenvalue weighted by Crippen LogP contribution is 2.12. The van der Waals surface area contributed by atoms with E-state index in [9.17, 15) is 4.79 Å². The number of rotatable bonds is 6. The smallest absolute Gasteiger partial charge is 0.129 e. The normalized spacial score (nSPS) is 13.0. The van der Waals surface area contributed by atoms with Crippen LogP contribution < -0.4 is 0 Å². The molecular weight excluding hydrogens is 160 g/mol. The summed E-state index contributed by atoms with van der Waals surface area (Å²) < 4.78 is 0. The zero-order chi connectivity index (χ0) is 8.69. The molecule has 0 amide bonds. The monoisotopic (exact) mass is 176 g/mol. The van der Waals surface area contributed by atoms with E-state index in [0.29, 0.717) is 6.42 Å². The van der Waals surface area contributed by atoms with Gasteiger partial charge in [0.2, 0.25) is 0 Å². The molecule has 0 radical (unpaired) electrons. The van der Waals surface area contributed by atoms with E-state index in [1.807, 2.05) is 0 Å². The Hall–Kier alpha value is -0.0400.